The normalized spacial score (nSPS) is 15.3. The molecule has 0 saturated carbocycles. The second-order valence-corrected chi connectivity index (χ2v) is 29.1. The monoisotopic (exact) mass is 1900 g/mol. The van der Waals surface area contributed by atoms with E-state index >= 15 is 0 Å². The number of ketones is 2. The molecule has 2 aromatic heterocycles. The second-order valence-electron chi connectivity index (χ2n) is 29.1. The number of hydrogen-bond acceptors (Lipinski definition) is 8. The summed E-state index contributed by atoms with van der Waals surface area (Å²) in [5, 5.41) is 22.8. The summed E-state index contributed by atoms with van der Waals surface area (Å²) in [6.45, 7) is 9.96. The van der Waals surface area contributed by atoms with E-state index in [1.165, 1.54) is 39.0 Å². The Morgan fingerprint density at radius 2 is 1.03 bits per heavy atom. The van der Waals surface area contributed by atoms with Crippen LogP contribution in [0, 0.1) is 25.8 Å². The number of Topliss-reactive ketones (excluding diaryl/α,β-unsaturated/α-hetero) is 1. The number of pyridine rings is 1. The van der Waals surface area contributed by atoms with Crippen molar-refractivity contribution >= 4 is 99.9 Å². The Labute approximate surface area is 742 Å². The van der Waals surface area contributed by atoms with Gasteiger partial charge in [-0.05, 0) is 216 Å². The number of para-hydroxylation sites is 5. The summed E-state index contributed by atoms with van der Waals surface area (Å²) in [6, 6.07) is 77.5. The Morgan fingerprint density at radius 1 is 0.496 bits per heavy atom. The van der Waals surface area contributed by atoms with Crippen LogP contribution in [0.2, 0.25) is 0 Å². The molecular weight excluding hydrogens is 1790 g/mol. The van der Waals surface area contributed by atoms with Gasteiger partial charge in [0.1, 0.15) is 5.78 Å². The van der Waals surface area contributed by atoms with Crippen LogP contribution in [0.5, 0.6) is 0 Å². The Morgan fingerprint density at radius 3 is 1.62 bits per heavy atom. The van der Waals surface area contributed by atoms with Crippen LogP contribution in [0.1, 0.15) is 124 Å². The smallest absolute Gasteiger partial charge is 0.155 e. The van der Waals surface area contributed by atoms with E-state index in [0.717, 1.165) is 82.4 Å². The first-order valence-electron chi connectivity index (χ1n) is 48.0. The fourth-order valence-corrected chi connectivity index (χ4v) is 15.3. The van der Waals surface area contributed by atoms with E-state index in [9.17, 15) is 15.1 Å². The average Bonchev–Trinajstić information content (AvgIpc) is 1.53. The van der Waals surface area contributed by atoms with Crippen LogP contribution >= 0.6 is 0 Å². The number of anilines is 6. The standard InChI is InChI=1S/C60H46N2.C19H13N2.C17H14N.C5H10O2.C5H8O2.2Ir/c1-59(2)51-35-43(61(41-23-7-5-8-24-41)55-31-17-21-39-19-11-13-27-44(39)55)33-34-46(51)49-36-53-50(37-52(49)59)58-48-30-16-15-29-47(48)57(38-54(58)60(53,3)4)62(42-25-9-6-10-26-42)56-32-18-22-40-20-12-14-28-45(40)56;1-3-9-15(10-4-1)19-20-17-13-7-8-14-18(17)21(19)16-11-5-2-6-12-16;1-12-10-13(2)17-15(11-12)8-9-16(18-17)14-6-4-3-5-7-14;2*1-4(6)3-5(2)7;;/h5-38H,1-4H3;1-9,11-14H;3-6,8-11H,1-2H3;4,6H,3H2,1-2H3;3,6H,1-2H3;;/q;2*-1;;;;/i5D,6D,7D,8D,9D,10D,23D,24D,25D,26D;2D,5D,6D,11D,12D;1D3,2D3;;;;. The van der Waals surface area contributed by atoms with Crippen molar-refractivity contribution in [2.45, 2.75) is 92.4 Å². The van der Waals surface area contributed by atoms with Crippen LogP contribution in [0.15, 0.2) is 345 Å². The Hall–Kier alpha value is -12.3. The van der Waals surface area contributed by atoms with Crippen LogP contribution in [0.4, 0.5) is 34.1 Å². The topological polar surface area (TPSA) is 112 Å². The van der Waals surface area contributed by atoms with Crippen molar-refractivity contribution in [2.24, 2.45) is 0 Å². The number of carbonyl (C=O) groups is 2. The average molecular weight is 1900 g/mol. The number of aromatic nitrogens is 3. The minimum absolute atomic E-state index is 0. The first-order chi connectivity index (χ1) is 64.3. The van der Waals surface area contributed by atoms with Gasteiger partial charge in [-0.15, -0.1) is 71.8 Å². The number of allylic oxidation sites excluding steroid dienone is 2. The maximum absolute atomic E-state index is 10.1. The number of fused-ring (bicyclic) bond motifs is 12. The largest absolute Gasteiger partial charge is 0.512 e. The van der Waals surface area contributed by atoms with E-state index in [0.29, 0.717) is 56.3 Å². The number of rotatable bonds is 12. The molecule has 17 aromatic rings. The molecule has 0 fully saturated rings. The van der Waals surface area contributed by atoms with Gasteiger partial charge in [0.25, 0.3) is 0 Å². The van der Waals surface area contributed by atoms with Gasteiger partial charge < -0.3 is 24.6 Å². The molecule has 0 amide bonds. The first-order valence-corrected chi connectivity index (χ1v) is 37.5. The third kappa shape index (κ3) is 17.2. The second kappa shape index (κ2) is 35.8. The summed E-state index contributed by atoms with van der Waals surface area (Å²) in [6.07, 6.45) is 0.970. The van der Waals surface area contributed by atoms with Crippen molar-refractivity contribution in [3.63, 3.8) is 0 Å². The molecule has 2 aliphatic rings. The zero-order chi connectivity index (χ0) is 98.1. The molecule has 2 aliphatic carbocycles. The molecule has 9 nitrogen and oxygen atoms in total. The van der Waals surface area contributed by atoms with Crippen LogP contribution in [-0.2, 0) is 60.6 Å². The van der Waals surface area contributed by atoms with Gasteiger partial charge in [-0.3, -0.25) is 19.6 Å². The van der Waals surface area contributed by atoms with Crippen LogP contribution in [-0.4, -0.2) is 42.4 Å². The number of aryl methyl sites for hydroxylation is 2. The number of nitrogens with zero attached hydrogens (tertiary/aromatic N) is 5. The number of hydrogen-bond donors (Lipinski definition) is 2. The van der Waals surface area contributed by atoms with Crippen molar-refractivity contribution in [2.75, 3.05) is 9.80 Å². The van der Waals surface area contributed by atoms with Crippen molar-refractivity contribution in [1.29, 1.82) is 0 Å². The molecule has 11 heteroatoms. The number of benzene rings is 15. The molecule has 0 aliphatic heterocycles. The summed E-state index contributed by atoms with van der Waals surface area (Å²) in [5.41, 5.74) is 14.1. The summed E-state index contributed by atoms with van der Waals surface area (Å²) < 4.78 is 177. The Kier molecular flexibility index (Phi) is 18.2. The van der Waals surface area contributed by atoms with E-state index in [1.807, 2.05) is 174 Å². The van der Waals surface area contributed by atoms with Gasteiger partial charge in [0.15, 0.2) is 5.78 Å². The SMILES string of the molecule is CC(=O)C=C(C)O.CC(=O)CC(C)O.[2H]C([2H])([2H])c1cc(C([2H])([2H])[2H])c2nc(-c3[c-]cccc3)ccc2c1.[2H]c1c([2H])c([2H])c(-n2c(-c3[c-]cccc3)nc3ccccc32)c([2H])c1[2H].[2H]c1c([2H])c([2H])c(N(c2ccc3c(c2)C(C)(C)c2cc4c(cc2-3)C(C)(C)c2cc(N(c3c([2H])c([2H])c([2H])c([2H])c3[2H])c3cccc5ccccc35)c3ccccc3c2-4)c2cccc3ccccc23)c([2H])c1[2H].[Ir].[Ir]. The minimum Gasteiger partial charge on any atom is -0.512 e. The van der Waals surface area contributed by atoms with Gasteiger partial charge in [0, 0.05) is 111 Å². The maximum Gasteiger partial charge on any atom is 0.155 e. The van der Waals surface area contributed by atoms with Gasteiger partial charge in [-0.1, -0.05) is 221 Å². The van der Waals surface area contributed by atoms with E-state index in [-0.39, 0.29) is 146 Å². The van der Waals surface area contributed by atoms with Gasteiger partial charge in [0.05, 0.1) is 71.9 Å². The summed E-state index contributed by atoms with van der Waals surface area (Å²) in [4.78, 5) is 32.9. The molecule has 0 saturated heterocycles. The fourth-order valence-electron chi connectivity index (χ4n) is 15.3. The molecule has 117 heavy (non-hydrogen) atoms. The van der Waals surface area contributed by atoms with E-state index in [2.05, 4.69) is 92.3 Å². The van der Waals surface area contributed by atoms with Crippen molar-refractivity contribution in [3.8, 4) is 50.6 Å². The maximum atomic E-state index is 10.1. The number of aliphatic hydroxyl groups excluding tert-OH is 2. The fraction of sp³-hybridized carbons (Fsp3) is 0.132. The zero-order valence-electron chi connectivity index (χ0n) is 86.1. The molecule has 19 rings (SSSR count). The molecule has 1 atom stereocenters. The molecule has 584 valence electrons. The predicted molar refractivity (Wildman–Crippen MR) is 478 cm³/mol. The summed E-state index contributed by atoms with van der Waals surface area (Å²) in [7, 11) is 0. The van der Waals surface area contributed by atoms with E-state index in [4.69, 9.17) is 33.5 Å². The van der Waals surface area contributed by atoms with E-state index in [1.54, 1.807) is 35.8 Å². The minimum atomic E-state index is -2.45. The third-order valence-electron chi connectivity index (χ3n) is 20.4. The molecule has 2 N–H and O–H groups in total. The van der Waals surface area contributed by atoms with Gasteiger partial charge in [0.2, 0.25) is 0 Å². The molecule has 2 radical (unpaired) electrons. The molecule has 0 spiro atoms. The van der Waals surface area contributed by atoms with Crippen LogP contribution < -0.4 is 9.80 Å². The molecule has 1 unspecified atom stereocenters. The van der Waals surface area contributed by atoms with Crippen LogP contribution in [0.3, 0.4) is 0 Å². The number of aliphatic hydroxyl groups is 2. The zero-order valence-corrected chi connectivity index (χ0v) is 69.9. The predicted octanol–water partition coefficient (Wildman–Crippen LogP) is 26.9. The molecule has 2 heterocycles. The van der Waals surface area contributed by atoms with Gasteiger partial charge in [-0.25, -0.2) is 0 Å². The molecule has 15 aromatic carbocycles. The Bertz CT molecular complexity index is 7620. The first kappa shape index (κ1) is 59.4. The van der Waals surface area contributed by atoms with Crippen molar-refractivity contribution in [1.82, 2.24) is 14.5 Å². The third-order valence-corrected chi connectivity index (χ3v) is 20.4. The van der Waals surface area contributed by atoms with E-state index < -0.39 is 72.9 Å². The van der Waals surface area contributed by atoms with Crippen molar-refractivity contribution < 1.29 is 88.8 Å². The summed E-state index contributed by atoms with van der Waals surface area (Å²) >= 11 is 0. The Balaban J connectivity index is 0.000000197. The number of imidazole rings is 1. The van der Waals surface area contributed by atoms with Crippen LogP contribution in [0.25, 0.3) is 105 Å². The summed E-state index contributed by atoms with van der Waals surface area (Å²) in [5.74, 6) is 0.452. The molecule has 0 bridgehead atoms. The number of carbonyl (C=O) groups excluding carboxylic acids is 2. The molecular formula is C106H91Ir2N5O4-2. The van der Waals surface area contributed by atoms with Gasteiger partial charge in [-0.2, -0.15) is 0 Å². The van der Waals surface area contributed by atoms with Crippen molar-refractivity contribution in [3.05, 3.63) is 391 Å². The van der Waals surface area contributed by atoms with Gasteiger partial charge >= 0.3 is 0 Å². The quantitative estimate of drug-likeness (QED) is 0.0707.